The van der Waals surface area contributed by atoms with Crippen LogP contribution in [-0.2, 0) is 29.0 Å². The number of carboxylic acids is 4. The van der Waals surface area contributed by atoms with Gasteiger partial charge >= 0.3 is 23.9 Å². The number of fused-ring (bicyclic) bond motifs is 2. The van der Waals surface area contributed by atoms with Gasteiger partial charge in [0, 0.05) is 121 Å². The number of piperazine rings is 2. The van der Waals surface area contributed by atoms with Crippen molar-refractivity contribution in [1.29, 1.82) is 0 Å². The summed E-state index contributed by atoms with van der Waals surface area (Å²) in [5.74, 6) is -3.52. The molecule has 6 N–H and O–H groups in total. The third kappa shape index (κ3) is 19.4. The quantitative estimate of drug-likeness (QED) is 0.0661. The number of halogens is 2. The maximum absolute atomic E-state index is 13.2. The maximum atomic E-state index is 13.2. The zero-order chi connectivity index (χ0) is 51.3. The first-order chi connectivity index (χ1) is 34.0. The van der Waals surface area contributed by atoms with Crippen molar-refractivity contribution < 1.29 is 57.1 Å². The molecule has 26 heteroatoms. The molecule has 2 aliphatic heterocycles. The van der Waals surface area contributed by atoms with Crippen molar-refractivity contribution in [3.05, 3.63) is 109 Å². The lowest BCUT2D eigenvalue weighted by Crippen LogP contribution is -2.48. The van der Waals surface area contributed by atoms with Crippen LogP contribution in [-0.4, -0.2) is 174 Å². The third-order valence-corrected chi connectivity index (χ3v) is 13.4. The summed E-state index contributed by atoms with van der Waals surface area (Å²) in [6.07, 6.45) is 7.02. The second-order valence-electron chi connectivity index (χ2n) is 15.3. The number of carboxylic acid groups (broad SMARTS) is 4. The molecule has 0 spiro atoms. The lowest BCUT2D eigenvalue weighted by Gasteiger charge is -2.36. The molecule has 3 aromatic heterocycles. The summed E-state index contributed by atoms with van der Waals surface area (Å²) in [5, 5.41) is 39.6. The number of nitrogens with zero attached hydrogens (tertiary/aromatic N) is 8. The number of aliphatic carboxylic acids is 4. The second-order valence-corrected chi connectivity index (χ2v) is 19.4. The van der Waals surface area contributed by atoms with Crippen molar-refractivity contribution in [2.45, 2.75) is 4.90 Å². The first-order valence-electron chi connectivity index (χ1n) is 21.7. The minimum absolute atomic E-state index is 0. The Morgan fingerprint density at radius 1 is 0.667 bits per heavy atom. The second kappa shape index (κ2) is 28.9. The highest BCUT2D eigenvalue weighted by atomic mass is 79.9. The van der Waals surface area contributed by atoms with Crippen LogP contribution >= 0.6 is 39.7 Å². The SMILES string of the molecule is Br.COc1ccccc1N1CCN(CCNc2nc3ccc(S(C)(=O)=O)cc3s2)CC1.Fc1ccc2nc(NCCN3CCN(c4ncccn4)CC3)sc2c1.O=C(O)C=CC(=O)O.O=C(O)C=CC(=O)O. The Labute approximate surface area is 432 Å². The summed E-state index contributed by atoms with van der Waals surface area (Å²) in [5.41, 5.74) is 2.81. The number of aromatic nitrogens is 4. The van der Waals surface area contributed by atoms with E-state index < -0.39 is 33.7 Å². The van der Waals surface area contributed by atoms with Crippen LogP contribution in [0.4, 0.5) is 26.3 Å². The van der Waals surface area contributed by atoms with Gasteiger partial charge in [-0.1, -0.05) is 34.8 Å². The molecule has 0 saturated carbocycles. The molecule has 0 radical (unpaired) electrons. The van der Waals surface area contributed by atoms with Crippen molar-refractivity contribution >= 4 is 116 Å². The highest BCUT2D eigenvalue weighted by molar-refractivity contribution is 8.93. The van der Waals surface area contributed by atoms with Crippen molar-refractivity contribution in [2.75, 3.05) is 112 Å². The van der Waals surface area contributed by atoms with Crippen LogP contribution in [0.25, 0.3) is 20.4 Å². The van der Waals surface area contributed by atoms with Gasteiger partial charge in [-0.15, -0.1) is 17.0 Å². The van der Waals surface area contributed by atoms with Crippen LogP contribution in [0.1, 0.15) is 0 Å². The number of carbonyl (C=O) groups is 4. The molecule has 386 valence electrons. The van der Waals surface area contributed by atoms with E-state index in [0.29, 0.717) is 29.2 Å². The van der Waals surface area contributed by atoms with E-state index in [-0.39, 0.29) is 22.8 Å². The van der Waals surface area contributed by atoms with Crippen molar-refractivity contribution in [3.8, 4) is 5.75 Å². The number of benzene rings is 3. The molecule has 2 fully saturated rings. The highest BCUT2D eigenvalue weighted by Gasteiger charge is 2.20. The monoisotopic (exact) mass is 1120 g/mol. The number of ether oxygens (including phenoxy) is 1. The summed E-state index contributed by atoms with van der Waals surface area (Å²) in [7, 11) is -1.49. The minimum atomic E-state index is -3.21. The van der Waals surface area contributed by atoms with Crippen LogP contribution in [0.15, 0.2) is 108 Å². The van der Waals surface area contributed by atoms with Crippen LogP contribution < -0.4 is 25.2 Å². The third-order valence-electron chi connectivity index (χ3n) is 10.3. The summed E-state index contributed by atoms with van der Waals surface area (Å²) in [6, 6.07) is 19.8. The molecule has 0 atom stereocenters. The van der Waals surface area contributed by atoms with Crippen molar-refractivity contribution in [2.24, 2.45) is 0 Å². The van der Waals surface area contributed by atoms with Crippen LogP contribution in [0, 0.1) is 5.82 Å². The van der Waals surface area contributed by atoms with Crippen LogP contribution in [0.2, 0.25) is 0 Å². The Kier molecular flexibility index (Phi) is 23.1. The van der Waals surface area contributed by atoms with Crippen molar-refractivity contribution in [3.63, 3.8) is 0 Å². The number of anilines is 4. The average Bonchev–Trinajstić information content (AvgIpc) is 3.96. The van der Waals surface area contributed by atoms with Gasteiger partial charge in [0.05, 0.1) is 38.1 Å². The molecule has 2 aliphatic rings. The standard InChI is InChI=1S/C21H26N4O3S2.C17H19FN6S.2C4H4O4.BrH/c1-28-19-6-4-3-5-18(19)25-13-11-24(12-14-25)10-9-22-21-23-17-8-7-16(30(2,26)27)15-20(17)29-21;18-13-2-3-14-15(12-13)25-17(22-14)21-6-7-23-8-10-24(11-9-23)16-19-4-1-5-20-16;2*5-3(6)1-2-4(7)8;/h3-8,15H,9-14H2,1-2H3,(H,22,23);1-5,12H,6-11H2,(H,21,22);2*1-2H,(H,5,6)(H,7,8);1H. The zero-order valence-electron chi connectivity index (χ0n) is 39.0. The lowest BCUT2D eigenvalue weighted by molar-refractivity contribution is -0.134. The molecule has 6 aromatic rings. The van der Waals surface area contributed by atoms with Gasteiger partial charge in [0.2, 0.25) is 5.95 Å². The first kappa shape index (κ1) is 57.7. The van der Waals surface area contributed by atoms with Gasteiger partial charge in [-0.2, -0.15) is 0 Å². The maximum Gasteiger partial charge on any atom is 0.328 e. The fourth-order valence-electron chi connectivity index (χ4n) is 6.84. The van der Waals surface area contributed by atoms with E-state index in [2.05, 4.69) is 56.2 Å². The number of para-hydroxylation sites is 2. The topological polar surface area (TPSA) is 281 Å². The molecule has 3 aromatic carbocycles. The number of sulfone groups is 1. The van der Waals surface area contributed by atoms with Gasteiger partial charge in [0.25, 0.3) is 0 Å². The minimum Gasteiger partial charge on any atom is -0.495 e. The number of hydrogen-bond acceptors (Lipinski definition) is 19. The molecule has 72 heavy (non-hydrogen) atoms. The Morgan fingerprint density at radius 2 is 1.12 bits per heavy atom. The predicted octanol–water partition coefficient (Wildman–Crippen LogP) is 5.40. The number of nitrogens with one attached hydrogen (secondary N) is 2. The largest absolute Gasteiger partial charge is 0.495 e. The normalized spacial score (nSPS) is 14.0. The van der Waals surface area contributed by atoms with Gasteiger partial charge in [0.1, 0.15) is 11.6 Å². The summed E-state index contributed by atoms with van der Waals surface area (Å²) in [4.78, 5) is 65.6. The zero-order valence-corrected chi connectivity index (χ0v) is 43.2. The molecular weight excluding hydrogens is 1060 g/mol. The molecule has 2 saturated heterocycles. The summed E-state index contributed by atoms with van der Waals surface area (Å²) >= 11 is 2.98. The molecule has 0 amide bonds. The number of methoxy groups -OCH3 is 1. The molecule has 5 heterocycles. The number of rotatable bonds is 16. The Morgan fingerprint density at radius 3 is 1.60 bits per heavy atom. The fraction of sp³-hybridized carbons (Fsp3) is 0.304. The Bertz CT molecular complexity index is 2830. The van der Waals surface area contributed by atoms with Crippen molar-refractivity contribution in [1.82, 2.24) is 29.7 Å². The molecular formula is C46H54BrFN10O11S3. The van der Waals surface area contributed by atoms with Gasteiger partial charge in [-0.3, -0.25) is 9.80 Å². The Hall–Kier alpha value is -6.84. The highest BCUT2D eigenvalue weighted by Crippen LogP contribution is 2.30. The van der Waals surface area contributed by atoms with Gasteiger partial charge in [-0.05, 0) is 54.6 Å². The fourth-order valence-corrected chi connectivity index (χ4v) is 9.41. The summed E-state index contributed by atoms with van der Waals surface area (Å²) in [6.45, 7) is 11.3. The summed E-state index contributed by atoms with van der Waals surface area (Å²) < 4.78 is 43.9. The number of thiazole rings is 2. The van der Waals surface area contributed by atoms with E-state index in [1.807, 2.05) is 24.3 Å². The molecule has 21 nitrogen and oxygen atoms in total. The van der Waals surface area contributed by atoms with E-state index in [4.69, 9.17) is 25.2 Å². The first-order valence-corrected chi connectivity index (χ1v) is 25.3. The molecule has 0 bridgehead atoms. The molecule has 0 aliphatic carbocycles. The molecule has 0 unspecified atom stereocenters. The van der Waals surface area contributed by atoms with E-state index in [1.165, 1.54) is 41.1 Å². The van der Waals surface area contributed by atoms with E-state index >= 15 is 0 Å². The molecule has 8 rings (SSSR count). The number of hydrogen-bond donors (Lipinski definition) is 6. The van der Waals surface area contributed by atoms with Gasteiger partial charge < -0.3 is 45.6 Å². The van der Waals surface area contributed by atoms with E-state index in [0.717, 1.165) is 127 Å². The van der Waals surface area contributed by atoms with E-state index in [9.17, 15) is 32.0 Å². The van der Waals surface area contributed by atoms with Gasteiger partial charge in [-0.25, -0.2) is 51.9 Å². The lowest BCUT2D eigenvalue weighted by atomic mass is 10.2. The van der Waals surface area contributed by atoms with Crippen LogP contribution in [0.5, 0.6) is 5.75 Å². The van der Waals surface area contributed by atoms with E-state index in [1.54, 1.807) is 43.8 Å². The predicted molar refractivity (Wildman–Crippen MR) is 281 cm³/mol. The smallest absolute Gasteiger partial charge is 0.328 e. The average molecular weight is 1120 g/mol. The van der Waals surface area contributed by atoms with Crippen LogP contribution in [0.3, 0.4) is 0 Å². The Balaban J connectivity index is 0.000000240. The van der Waals surface area contributed by atoms with Gasteiger partial charge in [0.15, 0.2) is 20.1 Å².